The van der Waals surface area contributed by atoms with Gasteiger partial charge in [-0.3, -0.25) is 4.79 Å². The number of para-hydroxylation sites is 1. The lowest BCUT2D eigenvalue weighted by Gasteiger charge is -2.24. The Morgan fingerprint density at radius 3 is 2.40 bits per heavy atom. The number of carboxylic acid groups (broad SMARTS) is 1. The summed E-state index contributed by atoms with van der Waals surface area (Å²) in [5, 5.41) is 17.4. The summed E-state index contributed by atoms with van der Waals surface area (Å²) in [6, 6.07) is 15.2. The van der Waals surface area contributed by atoms with Crippen molar-refractivity contribution in [3.8, 4) is 11.5 Å². The fourth-order valence-electron chi connectivity index (χ4n) is 4.24. The molecule has 2 atom stereocenters. The van der Waals surface area contributed by atoms with Crippen LogP contribution < -0.4 is 25.4 Å². The van der Waals surface area contributed by atoms with Gasteiger partial charge in [0.05, 0.1) is 41.7 Å². The minimum Gasteiger partial charge on any atom is -0.495 e. The molecule has 2 unspecified atom stereocenters. The number of benzene rings is 3. The van der Waals surface area contributed by atoms with E-state index in [1.165, 1.54) is 31.4 Å². The highest BCUT2D eigenvalue weighted by Crippen LogP contribution is 2.31. The Bertz CT molecular complexity index is 1400. The van der Waals surface area contributed by atoms with Crippen LogP contribution in [-0.2, 0) is 11.2 Å². The average molecular weight is 574 g/mol. The predicted octanol–water partition coefficient (Wildman–Crippen LogP) is 5.25. The van der Waals surface area contributed by atoms with E-state index in [-0.39, 0.29) is 23.5 Å². The van der Waals surface area contributed by atoms with Crippen LogP contribution in [0.5, 0.6) is 11.5 Å². The second-order valence-electron chi connectivity index (χ2n) is 9.15. The van der Waals surface area contributed by atoms with Crippen molar-refractivity contribution in [2.24, 2.45) is 0 Å². The molecule has 12 heteroatoms. The third kappa shape index (κ3) is 7.25. The molecular formula is C28H26ClF2N3O6. The molecule has 0 saturated carbocycles. The first-order valence-electron chi connectivity index (χ1n) is 12.2. The summed E-state index contributed by atoms with van der Waals surface area (Å²) in [6.45, 7) is -0.590. The molecule has 0 spiro atoms. The van der Waals surface area contributed by atoms with Gasteiger partial charge in [0.2, 0.25) is 0 Å². The van der Waals surface area contributed by atoms with E-state index in [9.17, 15) is 23.2 Å². The van der Waals surface area contributed by atoms with Crippen molar-refractivity contribution in [3.63, 3.8) is 0 Å². The maximum absolute atomic E-state index is 14.0. The second-order valence-corrected chi connectivity index (χ2v) is 9.56. The summed E-state index contributed by atoms with van der Waals surface area (Å²) in [5.74, 6) is -4.17. The van der Waals surface area contributed by atoms with Gasteiger partial charge in [-0.15, -0.1) is 0 Å². The third-order valence-corrected chi connectivity index (χ3v) is 6.53. The summed E-state index contributed by atoms with van der Waals surface area (Å²) in [7, 11) is 1.40. The number of carbonyl (C=O) groups excluding carboxylic acids is 2. The van der Waals surface area contributed by atoms with Crippen LogP contribution in [0.15, 0.2) is 66.7 Å². The number of alkyl halides is 2. The van der Waals surface area contributed by atoms with Crippen LogP contribution in [0.3, 0.4) is 0 Å². The number of halogens is 3. The van der Waals surface area contributed by atoms with Crippen LogP contribution in [0.1, 0.15) is 22.3 Å². The van der Waals surface area contributed by atoms with Gasteiger partial charge in [-0.1, -0.05) is 29.8 Å². The molecule has 1 heterocycles. The number of carbonyl (C=O) groups is 3. The molecule has 2 amide bonds. The number of carboxylic acids is 1. The largest absolute Gasteiger partial charge is 0.495 e. The number of nitrogens with one attached hydrogen (secondary N) is 3. The fourth-order valence-corrected chi connectivity index (χ4v) is 4.43. The number of ketones is 1. The fraction of sp³-hybridized carbons (Fsp3) is 0.250. The minimum atomic E-state index is -3.00. The van der Waals surface area contributed by atoms with Crippen molar-refractivity contribution in [1.82, 2.24) is 5.32 Å². The topological polar surface area (TPSA) is 126 Å². The zero-order valence-electron chi connectivity index (χ0n) is 21.2. The van der Waals surface area contributed by atoms with Crippen LogP contribution in [0, 0.1) is 0 Å². The Labute approximate surface area is 233 Å². The summed E-state index contributed by atoms with van der Waals surface area (Å²) in [4.78, 5) is 37.0. The number of urea groups is 1. The SMILES string of the molecule is COc1cc(CC(=O)C(Oc2ccc(C(=O)O)cc2)C2CC(F)(F)CN2)ccc1NC(=O)Nc1ccccc1Cl. The van der Waals surface area contributed by atoms with E-state index in [2.05, 4.69) is 16.0 Å². The molecule has 0 aliphatic carbocycles. The van der Waals surface area contributed by atoms with Crippen molar-refractivity contribution in [2.75, 3.05) is 24.3 Å². The molecule has 4 N–H and O–H groups in total. The van der Waals surface area contributed by atoms with Gasteiger partial charge in [-0.25, -0.2) is 18.4 Å². The van der Waals surface area contributed by atoms with Gasteiger partial charge in [-0.2, -0.15) is 0 Å². The van der Waals surface area contributed by atoms with Crippen LogP contribution in [0.2, 0.25) is 5.02 Å². The molecule has 3 aromatic carbocycles. The molecule has 0 aromatic heterocycles. The van der Waals surface area contributed by atoms with Crippen molar-refractivity contribution in [2.45, 2.75) is 30.9 Å². The van der Waals surface area contributed by atoms with Gasteiger partial charge >= 0.3 is 12.0 Å². The number of Topliss-reactive ketones (excluding diaryl/α,β-unsaturated/α-hetero) is 1. The Hall–Kier alpha value is -4.22. The predicted molar refractivity (Wildman–Crippen MR) is 145 cm³/mol. The Morgan fingerprint density at radius 2 is 1.77 bits per heavy atom. The van der Waals surface area contributed by atoms with E-state index in [0.29, 0.717) is 22.0 Å². The van der Waals surface area contributed by atoms with E-state index in [1.54, 1.807) is 42.5 Å². The molecule has 0 radical (unpaired) electrons. The highest BCUT2D eigenvalue weighted by Gasteiger charge is 2.45. The van der Waals surface area contributed by atoms with Gasteiger partial charge in [0.1, 0.15) is 11.5 Å². The molecule has 3 aromatic rings. The van der Waals surface area contributed by atoms with Crippen molar-refractivity contribution in [1.29, 1.82) is 0 Å². The maximum Gasteiger partial charge on any atom is 0.335 e. The number of methoxy groups -OCH3 is 1. The minimum absolute atomic E-state index is 0.0158. The smallest absolute Gasteiger partial charge is 0.335 e. The summed E-state index contributed by atoms with van der Waals surface area (Å²) < 4.78 is 39.1. The molecule has 1 aliphatic rings. The molecule has 40 heavy (non-hydrogen) atoms. The highest BCUT2D eigenvalue weighted by atomic mass is 35.5. The van der Waals surface area contributed by atoms with Crippen LogP contribution in [0.25, 0.3) is 0 Å². The van der Waals surface area contributed by atoms with Crippen LogP contribution in [-0.4, -0.2) is 54.6 Å². The normalized spacial score (nSPS) is 16.6. The molecule has 0 bridgehead atoms. The molecule has 4 rings (SSSR count). The quantitative estimate of drug-likeness (QED) is 0.261. The third-order valence-electron chi connectivity index (χ3n) is 6.20. The molecule has 1 aliphatic heterocycles. The lowest BCUT2D eigenvalue weighted by Crippen LogP contribution is -2.45. The van der Waals surface area contributed by atoms with Crippen molar-refractivity contribution >= 4 is 40.8 Å². The first-order chi connectivity index (χ1) is 19.0. The van der Waals surface area contributed by atoms with Gasteiger partial charge in [-0.05, 0) is 54.1 Å². The zero-order valence-corrected chi connectivity index (χ0v) is 22.0. The standard InChI is InChI=1S/C28H26ClF2N3O6/c1-39-24-13-16(6-11-21(24)34-27(38)33-20-5-3-2-4-19(20)29)12-23(35)25(22-14-28(30,31)15-32-22)40-18-9-7-17(8-10-18)26(36)37/h2-11,13,22,25,32H,12,14-15H2,1H3,(H,36,37)(H2,33,34,38). The summed E-state index contributed by atoms with van der Waals surface area (Å²) in [6.07, 6.45) is -2.04. The summed E-state index contributed by atoms with van der Waals surface area (Å²) >= 11 is 6.08. The van der Waals surface area contributed by atoms with Crippen LogP contribution in [0.4, 0.5) is 25.0 Å². The van der Waals surface area contributed by atoms with E-state index >= 15 is 0 Å². The number of hydrogen-bond acceptors (Lipinski definition) is 6. The van der Waals surface area contributed by atoms with E-state index < -0.39 is 48.8 Å². The molecule has 1 fully saturated rings. The first kappa shape index (κ1) is 28.8. The molecule has 210 valence electrons. The first-order valence-corrected chi connectivity index (χ1v) is 12.6. The van der Waals surface area contributed by atoms with E-state index in [0.717, 1.165) is 0 Å². The number of ether oxygens (including phenoxy) is 2. The zero-order chi connectivity index (χ0) is 28.9. The van der Waals surface area contributed by atoms with Gasteiger partial charge in [0.15, 0.2) is 11.9 Å². The number of rotatable bonds is 10. The lowest BCUT2D eigenvalue weighted by molar-refractivity contribution is -0.126. The van der Waals surface area contributed by atoms with Gasteiger partial charge < -0.3 is 30.5 Å². The maximum atomic E-state index is 14.0. The second kappa shape index (κ2) is 12.3. The molecular weight excluding hydrogens is 548 g/mol. The Kier molecular flexibility index (Phi) is 8.86. The number of hydrogen-bond donors (Lipinski definition) is 4. The van der Waals surface area contributed by atoms with Gasteiger partial charge in [0.25, 0.3) is 5.92 Å². The molecule has 9 nitrogen and oxygen atoms in total. The number of amides is 2. The van der Waals surface area contributed by atoms with Crippen molar-refractivity contribution < 1.29 is 37.7 Å². The highest BCUT2D eigenvalue weighted by molar-refractivity contribution is 6.33. The lowest BCUT2D eigenvalue weighted by atomic mass is 9.98. The summed E-state index contributed by atoms with van der Waals surface area (Å²) in [5.41, 5.74) is 1.25. The Morgan fingerprint density at radius 1 is 1.07 bits per heavy atom. The van der Waals surface area contributed by atoms with E-state index in [4.69, 9.17) is 26.2 Å². The monoisotopic (exact) mass is 573 g/mol. The Balaban J connectivity index is 1.48. The van der Waals surface area contributed by atoms with Gasteiger partial charge in [0, 0.05) is 12.8 Å². The molecule has 1 saturated heterocycles. The number of anilines is 2. The van der Waals surface area contributed by atoms with E-state index in [1.807, 2.05) is 0 Å². The van der Waals surface area contributed by atoms with Crippen molar-refractivity contribution in [3.05, 3.63) is 82.9 Å². The number of aromatic carboxylic acids is 1. The van der Waals surface area contributed by atoms with Crippen LogP contribution >= 0.6 is 11.6 Å². The average Bonchev–Trinajstić information content (AvgIpc) is 3.28.